The average molecular weight is 216 g/mol. The molecule has 1 unspecified atom stereocenters. The summed E-state index contributed by atoms with van der Waals surface area (Å²) in [7, 11) is 0. The molecule has 0 fully saturated rings. The van der Waals surface area contributed by atoms with E-state index in [9.17, 15) is 5.11 Å². The van der Waals surface area contributed by atoms with Crippen LogP contribution in [0.2, 0.25) is 0 Å². The normalized spacial score (nSPS) is 12.6. The minimum absolute atomic E-state index is 0.316. The molecule has 1 atom stereocenters. The molecule has 1 N–H and O–H groups in total. The molecule has 1 aromatic heterocycles. The van der Waals surface area contributed by atoms with Crippen LogP contribution in [0.1, 0.15) is 13.3 Å². The molecular formula is C13H16N2O. The van der Waals surface area contributed by atoms with Gasteiger partial charge in [-0.2, -0.15) is 5.10 Å². The lowest BCUT2D eigenvalue weighted by Crippen LogP contribution is -2.14. The number of benzene rings is 1. The second-order valence-electron chi connectivity index (χ2n) is 3.85. The number of aliphatic hydroxyl groups is 1. The molecule has 0 bridgehead atoms. The van der Waals surface area contributed by atoms with Crippen LogP contribution in [0.15, 0.2) is 42.6 Å². The second-order valence-corrected chi connectivity index (χ2v) is 3.85. The predicted molar refractivity (Wildman–Crippen MR) is 64.0 cm³/mol. The highest BCUT2D eigenvalue weighted by atomic mass is 16.3. The molecule has 16 heavy (non-hydrogen) atoms. The SMILES string of the molecule is CCC(O)Cn1ccc(-c2ccccc2)n1. The molecule has 0 aliphatic rings. The highest BCUT2D eigenvalue weighted by molar-refractivity contribution is 5.57. The maximum atomic E-state index is 9.53. The van der Waals surface area contributed by atoms with Crippen molar-refractivity contribution in [2.24, 2.45) is 0 Å². The Labute approximate surface area is 95.3 Å². The topological polar surface area (TPSA) is 38.0 Å². The standard InChI is InChI=1S/C13H16N2O/c1-2-12(16)10-15-9-8-13(14-15)11-6-4-3-5-7-11/h3-9,12,16H,2,10H2,1H3. The third-order valence-electron chi connectivity index (χ3n) is 2.58. The summed E-state index contributed by atoms with van der Waals surface area (Å²) in [6.07, 6.45) is 2.34. The maximum Gasteiger partial charge on any atom is 0.0923 e. The summed E-state index contributed by atoms with van der Waals surface area (Å²) < 4.78 is 1.79. The fourth-order valence-corrected chi connectivity index (χ4v) is 1.57. The first-order chi connectivity index (χ1) is 7.79. The minimum atomic E-state index is -0.316. The van der Waals surface area contributed by atoms with Crippen LogP contribution in [0, 0.1) is 0 Å². The van der Waals surface area contributed by atoms with Gasteiger partial charge in [0.05, 0.1) is 18.3 Å². The summed E-state index contributed by atoms with van der Waals surface area (Å²) in [6, 6.07) is 12.0. The van der Waals surface area contributed by atoms with Crippen LogP contribution in [0.25, 0.3) is 11.3 Å². The molecule has 0 radical (unpaired) electrons. The smallest absolute Gasteiger partial charge is 0.0923 e. The van der Waals surface area contributed by atoms with Crippen molar-refractivity contribution in [3.05, 3.63) is 42.6 Å². The molecule has 1 heterocycles. The van der Waals surface area contributed by atoms with Gasteiger partial charge in [0.2, 0.25) is 0 Å². The van der Waals surface area contributed by atoms with E-state index in [1.807, 2.05) is 49.5 Å². The number of nitrogens with zero attached hydrogens (tertiary/aromatic N) is 2. The third-order valence-corrected chi connectivity index (χ3v) is 2.58. The van der Waals surface area contributed by atoms with Gasteiger partial charge in [0.1, 0.15) is 0 Å². The molecule has 3 heteroatoms. The van der Waals surface area contributed by atoms with Crippen molar-refractivity contribution >= 4 is 0 Å². The maximum absolute atomic E-state index is 9.53. The predicted octanol–water partition coefficient (Wildman–Crippen LogP) is 2.32. The van der Waals surface area contributed by atoms with E-state index in [1.54, 1.807) is 4.68 Å². The van der Waals surface area contributed by atoms with Crippen molar-refractivity contribution in [3.8, 4) is 11.3 Å². The zero-order valence-corrected chi connectivity index (χ0v) is 9.37. The number of hydrogen-bond acceptors (Lipinski definition) is 2. The average Bonchev–Trinajstić information content (AvgIpc) is 2.78. The first-order valence-corrected chi connectivity index (χ1v) is 5.56. The fourth-order valence-electron chi connectivity index (χ4n) is 1.57. The first kappa shape index (κ1) is 10.9. The van der Waals surface area contributed by atoms with Crippen LogP contribution in [0.4, 0.5) is 0 Å². The second kappa shape index (κ2) is 4.94. The van der Waals surface area contributed by atoms with Gasteiger partial charge in [-0.3, -0.25) is 4.68 Å². The molecule has 0 amide bonds. The Morgan fingerprint density at radius 2 is 2.00 bits per heavy atom. The van der Waals surface area contributed by atoms with Crippen molar-refractivity contribution in [1.29, 1.82) is 0 Å². The first-order valence-electron chi connectivity index (χ1n) is 5.56. The molecule has 3 nitrogen and oxygen atoms in total. The van der Waals surface area contributed by atoms with Crippen LogP contribution in [0.3, 0.4) is 0 Å². The lowest BCUT2D eigenvalue weighted by Gasteiger charge is -2.06. The Bertz CT molecular complexity index is 436. The molecule has 0 aliphatic carbocycles. The van der Waals surface area contributed by atoms with E-state index >= 15 is 0 Å². The van der Waals surface area contributed by atoms with Gasteiger partial charge in [0.25, 0.3) is 0 Å². The number of hydrogen-bond donors (Lipinski definition) is 1. The Balaban J connectivity index is 2.14. The molecule has 2 rings (SSSR count). The molecule has 2 aromatic rings. The number of aliphatic hydroxyl groups excluding tert-OH is 1. The fraction of sp³-hybridized carbons (Fsp3) is 0.308. The van der Waals surface area contributed by atoms with E-state index < -0.39 is 0 Å². The van der Waals surface area contributed by atoms with Crippen LogP contribution >= 0.6 is 0 Å². The lowest BCUT2D eigenvalue weighted by molar-refractivity contribution is 0.145. The summed E-state index contributed by atoms with van der Waals surface area (Å²) in [5.74, 6) is 0. The molecule has 1 aromatic carbocycles. The van der Waals surface area contributed by atoms with E-state index in [2.05, 4.69) is 5.10 Å². The number of rotatable bonds is 4. The third kappa shape index (κ3) is 2.49. The summed E-state index contributed by atoms with van der Waals surface area (Å²) >= 11 is 0. The Hall–Kier alpha value is -1.61. The van der Waals surface area contributed by atoms with E-state index in [0.717, 1.165) is 17.7 Å². The summed E-state index contributed by atoms with van der Waals surface area (Å²) in [6.45, 7) is 2.52. The van der Waals surface area contributed by atoms with Crippen molar-refractivity contribution in [3.63, 3.8) is 0 Å². The lowest BCUT2D eigenvalue weighted by atomic mass is 10.2. The van der Waals surface area contributed by atoms with Crippen molar-refractivity contribution in [2.75, 3.05) is 0 Å². The largest absolute Gasteiger partial charge is 0.391 e. The van der Waals surface area contributed by atoms with Gasteiger partial charge in [0, 0.05) is 11.8 Å². The van der Waals surface area contributed by atoms with E-state index in [4.69, 9.17) is 0 Å². The molecule has 0 saturated heterocycles. The van der Waals surface area contributed by atoms with Gasteiger partial charge in [-0.25, -0.2) is 0 Å². The van der Waals surface area contributed by atoms with Gasteiger partial charge in [0.15, 0.2) is 0 Å². The van der Waals surface area contributed by atoms with Gasteiger partial charge in [-0.15, -0.1) is 0 Å². The highest BCUT2D eigenvalue weighted by Crippen LogP contribution is 2.15. The van der Waals surface area contributed by atoms with E-state index in [0.29, 0.717) is 6.54 Å². The van der Waals surface area contributed by atoms with Crippen molar-refractivity contribution in [2.45, 2.75) is 26.0 Å². The quantitative estimate of drug-likeness (QED) is 0.851. The molecule has 0 aliphatic heterocycles. The van der Waals surface area contributed by atoms with Crippen LogP contribution in [0.5, 0.6) is 0 Å². The zero-order chi connectivity index (χ0) is 11.4. The molecular weight excluding hydrogens is 200 g/mol. The van der Waals surface area contributed by atoms with Crippen molar-refractivity contribution in [1.82, 2.24) is 9.78 Å². The van der Waals surface area contributed by atoms with Gasteiger partial charge < -0.3 is 5.11 Å². The Morgan fingerprint density at radius 1 is 1.25 bits per heavy atom. The molecule has 84 valence electrons. The Kier molecular flexibility index (Phi) is 3.37. The Morgan fingerprint density at radius 3 is 2.69 bits per heavy atom. The zero-order valence-electron chi connectivity index (χ0n) is 9.37. The summed E-state index contributed by atoms with van der Waals surface area (Å²) in [5.41, 5.74) is 2.05. The number of aromatic nitrogens is 2. The van der Waals surface area contributed by atoms with E-state index in [1.165, 1.54) is 0 Å². The summed E-state index contributed by atoms with van der Waals surface area (Å²) in [4.78, 5) is 0. The van der Waals surface area contributed by atoms with Gasteiger partial charge in [-0.1, -0.05) is 37.3 Å². The van der Waals surface area contributed by atoms with Crippen molar-refractivity contribution < 1.29 is 5.11 Å². The van der Waals surface area contributed by atoms with Crippen LogP contribution in [-0.4, -0.2) is 21.0 Å². The van der Waals surface area contributed by atoms with Gasteiger partial charge in [-0.05, 0) is 12.5 Å². The summed E-state index contributed by atoms with van der Waals surface area (Å²) in [5, 5.41) is 14.0. The minimum Gasteiger partial charge on any atom is -0.391 e. The highest BCUT2D eigenvalue weighted by Gasteiger charge is 2.05. The van der Waals surface area contributed by atoms with Crippen LogP contribution in [-0.2, 0) is 6.54 Å². The van der Waals surface area contributed by atoms with Gasteiger partial charge >= 0.3 is 0 Å². The van der Waals surface area contributed by atoms with E-state index in [-0.39, 0.29) is 6.10 Å². The molecule has 0 spiro atoms. The monoisotopic (exact) mass is 216 g/mol. The van der Waals surface area contributed by atoms with Crippen LogP contribution < -0.4 is 0 Å². The molecule has 0 saturated carbocycles.